The van der Waals surface area contributed by atoms with Gasteiger partial charge in [0.2, 0.25) is 5.52 Å². The molecule has 2 aromatic rings. The number of carbonyl (C=O) groups is 1. The van der Waals surface area contributed by atoms with Crippen LogP contribution in [-0.4, -0.2) is 24.4 Å². The third kappa shape index (κ3) is 3.47. The van der Waals surface area contributed by atoms with Gasteiger partial charge in [-0.1, -0.05) is 35.9 Å². The summed E-state index contributed by atoms with van der Waals surface area (Å²) < 4.78 is 12.3. The van der Waals surface area contributed by atoms with Gasteiger partial charge in [-0.05, 0) is 44.0 Å². The summed E-state index contributed by atoms with van der Waals surface area (Å²) in [6.45, 7) is 5.77. The second kappa shape index (κ2) is 7.00. The number of aryl methyl sites for hydroxylation is 3. The molecule has 0 aromatic heterocycles. The van der Waals surface area contributed by atoms with E-state index in [2.05, 4.69) is 0 Å². The van der Waals surface area contributed by atoms with E-state index in [1.165, 1.54) is 0 Å². The predicted molar refractivity (Wildman–Crippen MR) is 85.8 cm³/mol. The van der Waals surface area contributed by atoms with Gasteiger partial charge < -0.3 is 0 Å². The van der Waals surface area contributed by atoms with Gasteiger partial charge in [-0.2, -0.15) is 0 Å². The molecule has 0 N–H and O–H groups in total. The number of carbonyl (C=O) groups excluding carboxylic acids is 1. The summed E-state index contributed by atoms with van der Waals surface area (Å²) in [7, 11) is -2.04. The summed E-state index contributed by atoms with van der Waals surface area (Å²) in [6.07, 6.45) is 0. The molecular weight excluding hydrogens is 262 g/mol. The fraction of sp³-hybridized carbons (Fsp3) is 0.188. The Morgan fingerprint density at radius 2 is 1.45 bits per heavy atom. The molecule has 0 fully saturated rings. The van der Waals surface area contributed by atoms with Crippen molar-refractivity contribution in [1.29, 1.82) is 0 Å². The van der Waals surface area contributed by atoms with E-state index in [1.807, 2.05) is 39.0 Å². The van der Waals surface area contributed by atoms with Gasteiger partial charge in [0.1, 0.15) is 0 Å². The van der Waals surface area contributed by atoms with E-state index in [-0.39, 0.29) is 24.4 Å². The molecule has 2 rings (SSSR count). The van der Waals surface area contributed by atoms with E-state index in [4.69, 9.17) is 0 Å². The summed E-state index contributed by atoms with van der Waals surface area (Å²) in [5.74, 6) is 0. The Kier molecular flexibility index (Phi) is 5.90. The normalized spacial score (nSPS) is 10.7. The van der Waals surface area contributed by atoms with Crippen LogP contribution in [0.2, 0.25) is 0 Å². The maximum absolute atomic E-state index is 12.4. The molecule has 0 amide bonds. The minimum absolute atomic E-state index is 0. The molecule has 0 spiro atoms. The molecule has 2 nitrogen and oxygen atoms in total. The van der Waals surface area contributed by atoms with Gasteiger partial charge >= 0.3 is 18.9 Å². The van der Waals surface area contributed by atoms with Gasteiger partial charge in [0.05, 0.1) is 0 Å². The molecule has 0 saturated carbocycles. The summed E-state index contributed by atoms with van der Waals surface area (Å²) >= 11 is 0. The predicted octanol–water partition coefficient (Wildman–Crippen LogP) is 3.26. The van der Waals surface area contributed by atoms with E-state index < -0.39 is 7.80 Å². The van der Waals surface area contributed by atoms with Crippen molar-refractivity contribution in [2.24, 2.45) is 0 Å². The first kappa shape index (κ1) is 16.9. The first-order chi connectivity index (χ1) is 9.00. The standard InChI is InChI=1S/C16H16O2P.Li.H/c1-11-9-12(2)15(13(3)10-11)16(17)19(18)14-7-5-4-6-8-14;;/h4-10H,1-3H3;;. The molecule has 99 valence electrons. The quantitative estimate of drug-likeness (QED) is 0.638. The zero-order chi connectivity index (χ0) is 14.0. The number of rotatable bonds is 3. The second-order valence-corrected chi connectivity index (χ2v) is 6.22. The zero-order valence-electron chi connectivity index (χ0n) is 11.3. The van der Waals surface area contributed by atoms with Crippen molar-refractivity contribution in [3.8, 4) is 0 Å². The molecule has 0 heterocycles. The summed E-state index contributed by atoms with van der Waals surface area (Å²) in [6, 6.07) is 12.8. The molecular formula is C16H17LiO2P. The molecule has 20 heavy (non-hydrogen) atoms. The van der Waals surface area contributed by atoms with Crippen molar-refractivity contribution in [3.05, 3.63) is 64.7 Å². The SMILES string of the molecule is Cc1cc(C)c(C(=O)[P](=O)c2ccccc2)c(C)c1.[LiH]. The van der Waals surface area contributed by atoms with E-state index >= 15 is 0 Å². The van der Waals surface area contributed by atoms with E-state index in [0.29, 0.717) is 10.9 Å². The molecule has 0 aliphatic heterocycles. The Morgan fingerprint density at radius 1 is 0.950 bits per heavy atom. The average Bonchev–Trinajstić information content (AvgIpc) is 2.37. The summed E-state index contributed by atoms with van der Waals surface area (Å²) in [4.78, 5) is 12.4. The Morgan fingerprint density at radius 3 is 1.95 bits per heavy atom. The molecule has 0 saturated heterocycles. The minimum atomic E-state index is -2.04. The van der Waals surface area contributed by atoms with Crippen molar-refractivity contribution in [1.82, 2.24) is 0 Å². The number of hydrogen-bond acceptors (Lipinski definition) is 2. The molecule has 4 heteroatoms. The molecule has 0 aliphatic carbocycles. The molecule has 1 atom stereocenters. The first-order valence-corrected chi connectivity index (χ1v) is 7.41. The molecule has 1 radical (unpaired) electrons. The van der Waals surface area contributed by atoms with Crippen molar-refractivity contribution in [3.63, 3.8) is 0 Å². The van der Waals surface area contributed by atoms with Crippen LogP contribution >= 0.6 is 7.80 Å². The van der Waals surface area contributed by atoms with Gasteiger partial charge in [-0.25, -0.2) is 0 Å². The molecule has 0 bridgehead atoms. The Bertz CT molecular complexity index is 628. The third-order valence-electron chi connectivity index (χ3n) is 3.07. The van der Waals surface area contributed by atoms with Crippen LogP contribution < -0.4 is 5.30 Å². The van der Waals surface area contributed by atoms with Crippen LogP contribution in [-0.2, 0) is 4.57 Å². The molecule has 0 aliphatic rings. The van der Waals surface area contributed by atoms with Crippen LogP contribution in [0.25, 0.3) is 0 Å². The van der Waals surface area contributed by atoms with Crippen molar-refractivity contribution >= 4 is 37.5 Å². The van der Waals surface area contributed by atoms with Crippen LogP contribution in [0.3, 0.4) is 0 Å². The Hall–Kier alpha value is -1.19. The maximum atomic E-state index is 12.4. The van der Waals surface area contributed by atoms with Gasteiger partial charge in [0, 0.05) is 10.9 Å². The van der Waals surface area contributed by atoms with E-state index in [1.54, 1.807) is 24.3 Å². The summed E-state index contributed by atoms with van der Waals surface area (Å²) in [5.41, 5.74) is 3.21. The number of hydrogen-bond donors (Lipinski definition) is 0. The molecule has 2 aromatic carbocycles. The topological polar surface area (TPSA) is 34.1 Å². The van der Waals surface area contributed by atoms with Crippen molar-refractivity contribution in [2.45, 2.75) is 20.8 Å². The van der Waals surface area contributed by atoms with E-state index in [0.717, 1.165) is 16.7 Å². The van der Waals surface area contributed by atoms with Crippen LogP contribution in [0.15, 0.2) is 42.5 Å². The molecule has 1 unspecified atom stereocenters. The van der Waals surface area contributed by atoms with Gasteiger partial charge in [-0.3, -0.25) is 9.36 Å². The van der Waals surface area contributed by atoms with Gasteiger partial charge in [0.15, 0.2) is 7.80 Å². The zero-order valence-corrected chi connectivity index (χ0v) is 12.2. The van der Waals surface area contributed by atoms with Gasteiger partial charge in [0.25, 0.3) is 0 Å². The van der Waals surface area contributed by atoms with Crippen LogP contribution in [0, 0.1) is 20.8 Å². The van der Waals surface area contributed by atoms with Crippen molar-refractivity contribution in [2.75, 3.05) is 0 Å². The van der Waals surface area contributed by atoms with Crippen LogP contribution in [0.5, 0.6) is 0 Å². The van der Waals surface area contributed by atoms with Crippen molar-refractivity contribution < 1.29 is 9.36 Å². The third-order valence-corrected chi connectivity index (χ3v) is 4.43. The van der Waals surface area contributed by atoms with Crippen LogP contribution in [0.1, 0.15) is 27.0 Å². The average molecular weight is 279 g/mol. The first-order valence-electron chi connectivity index (χ1n) is 6.15. The second-order valence-electron chi connectivity index (χ2n) is 4.71. The van der Waals surface area contributed by atoms with E-state index in [9.17, 15) is 9.36 Å². The van der Waals surface area contributed by atoms with Crippen LogP contribution in [0.4, 0.5) is 0 Å². The van der Waals surface area contributed by atoms with Gasteiger partial charge in [-0.15, -0.1) is 0 Å². The summed E-state index contributed by atoms with van der Waals surface area (Å²) in [5, 5.41) is 0.585. The monoisotopic (exact) mass is 279 g/mol. The Labute approximate surface area is 132 Å². The Balaban J connectivity index is 0.00000200. The fourth-order valence-electron chi connectivity index (χ4n) is 2.30. The fourth-order valence-corrected chi connectivity index (χ4v) is 3.53. The number of benzene rings is 2.